The van der Waals surface area contributed by atoms with Gasteiger partial charge in [-0.05, 0) is 51.0 Å². The number of amides is 1. The molecule has 3 fully saturated rings. The Kier molecular flexibility index (Phi) is 6.65. The van der Waals surface area contributed by atoms with Crippen molar-refractivity contribution in [3.05, 3.63) is 36.4 Å². The van der Waals surface area contributed by atoms with Crippen molar-refractivity contribution >= 4 is 11.9 Å². The van der Waals surface area contributed by atoms with Crippen molar-refractivity contribution in [3.63, 3.8) is 0 Å². The second-order valence-corrected chi connectivity index (χ2v) is 9.72. The van der Waals surface area contributed by atoms with E-state index in [0.717, 1.165) is 74.6 Å². The first-order valence-corrected chi connectivity index (χ1v) is 12.6. The van der Waals surface area contributed by atoms with Crippen LogP contribution in [-0.4, -0.2) is 51.9 Å². The van der Waals surface area contributed by atoms with Crippen molar-refractivity contribution in [1.29, 1.82) is 0 Å². The van der Waals surface area contributed by atoms with Crippen LogP contribution in [0.3, 0.4) is 0 Å². The van der Waals surface area contributed by atoms with Crippen molar-refractivity contribution in [3.8, 4) is 11.1 Å². The van der Waals surface area contributed by atoms with E-state index in [-0.39, 0.29) is 11.8 Å². The van der Waals surface area contributed by atoms with Gasteiger partial charge in [-0.3, -0.25) is 9.78 Å². The van der Waals surface area contributed by atoms with Crippen LogP contribution in [0.25, 0.3) is 11.1 Å². The maximum Gasteiger partial charge on any atom is 0.225 e. The van der Waals surface area contributed by atoms with Crippen molar-refractivity contribution in [1.82, 2.24) is 19.9 Å². The third-order valence-electron chi connectivity index (χ3n) is 7.49. The summed E-state index contributed by atoms with van der Waals surface area (Å²) in [5.74, 6) is 1.71. The molecule has 6 heteroatoms. The van der Waals surface area contributed by atoms with Crippen LogP contribution in [0, 0.1) is 5.92 Å². The van der Waals surface area contributed by atoms with Gasteiger partial charge in [-0.2, -0.15) is 0 Å². The van der Waals surface area contributed by atoms with Gasteiger partial charge in [0.05, 0.1) is 5.69 Å². The highest BCUT2D eigenvalue weighted by Crippen LogP contribution is 2.35. The molecular weight excluding hydrogens is 398 g/mol. The first kappa shape index (κ1) is 21.4. The van der Waals surface area contributed by atoms with Gasteiger partial charge in [-0.15, -0.1) is 0 Å². The van der Waals surface area contributed by atoms with Gasteiger partial charge < -0.3 is 9.80 Å². The molecule has 2 aliphatic heterocycles. The minimum Gasteiger partial charge on any atom is -0.342 e. The number of carbonyl (C=O) groups excluding carboxylic acids is 1. The van der Waals surface area contributed by atoms with Crippen LogP contribution in [0.5, 0.6) is 0 Å². The first-order chi connectivity index (χ1) is 15.8. The summed E-state index contributed by atoms with van der Waals surface area (Å²) in [6.45, 7) is 3.72. The fraction of sp³-hybridized carbons (Fsp3) is 0.615. The van der Waals surface area contributed by atoms with Gasteiger partial charge in [0.2, 0.25) is 11.9 Å². The molecule has 1 atom stereocenters. The highest BCUT2D eigenvalue weighted by Gasteiger charge is 2.32. The zero-order chi connectivity index (χ0) is 21.8. The van der Waals surface area contributed by atoms with Crippen LogP contribution in [0.2, 0.25) is 0 Å². The summed E-state index contributed by atoms with van der Waals surface area (Å²) in [6.07, 6.45) is 17.3. The Labute approximate surface area is 191 Å². The van der Waals surface area contributed by atoms with Crippen molar-refractivity contribution < 1.29 is 4.79 Å². The predicted octanol–water partition coefficient (Wildman–Crippen LogP) is 4.82. The quantitative estimate of drug-likeness (QED) is 0.692. The smallest absolute Gasteiger partial charge is 0.225 e. The van der Waals surface area contributed by atoms with E-state index in [9.17, 15) is 4.79 Å². The molecule has 170 valence electrons. The largest absolute Gasteiger partial charge is 0.342 e. The van der Waals surface area contributed by atoms with Gasteiger partial charge in [-0.25, -0.2) is 9.97 Å². The summed E-state index contributed by atoms with van der Waals surface area (Å²) in [7, 11) is 0. The standard InChI is InChI=1S/C26H35N5O/c32-25(20-9-3-1-4-10-20)31-16-8-12-22(19-31)24-23(21-11-7-13-27-17-21)18-28-26(29-24)30-14-5-2-6-15-30/h7,11,13,17-18,20,22H,1-6,8-10,12,14-16,19H2/t22-/m1/s1. The second kappa shape index (κ2) is 9.97. The van der Waals surface area contributed by atoms with Crippen molar-refractivity contribution in [2.24, 2.45) is 5.92 Å². The summed E-state index contributed by atoms with van der Waals surface area (Å²) in [5, 5.41) is 0. The van der Waals surface area contributed by atoms with E-state index in [4.69, 9.17) is 9.97 Å². The van der Waals surface area contributed by atoms with E-state index < -0.39 is 0 Å². The normalized spacial score (nSPS) is 22.7. The van der Waals surface area contributed by atoms with E-state index in [2.05, 4.69) is 20.9 Å². The molecule has 4 heterocycles. The van der Waals surface area contributed by atoms with E-state index >= 15 is 0 Å². The second-order valence-electron chi connectivity index (χ2n) is 9.72. The number of pyridine rings is 1. The monoisotopic (exact) mass is 433 g/mol. The molecule has 3 aliphatic rings. The maximum atomic E-state index is 13.3. The van der Waals surface area contributed by atoms with E-state index in [1.807, 2.05) is 18.5 Å². The number of aromatic nitrogens is 3. The van der Waals surface area contributed by atoms with Gasteiger partial charge in [0.25, 0.3) is 0 Å². The average Bonchev–Trinajstić information content (AvgIpc) is 2.89. The molecule has 0 unspecified atom stereocenters. The molecule has 2 aromatic heterocycles. The van der Waals surface area contributed by atoms with E-state index in [0.29, 0.717) is 5.91 Å². The highest BCUT2D eigenvalue weighted by molar-refractivity contribution is 5.79. The lowest BCUT2D eigenvalue weighted by molar-refractivity contribution is -0.137. The van der Waals surface area contributed by atoms with Gasteiger partial charge in [-0.1, -0.05) is 25.3 Å². The molecule has 0 N–H and O–H groups in total. The minimum absolute atomic E-state index is 0.231. The Morgan fingerprint density at radius 2 is 1.72 bits per heavy atom. The molecule has 0 bridgehead atoms. The number of hydrogen-bond donors (Lipinski definition) is 0. The van der Waals surface area contributed by atoms with E-state index in [1.165, 1.54) is 38.5 Å². The van der Waals surface area contributed by atoms with Crippen LogP contribution in [0.1, 0.15) is 75.8 Å². The van der Waals surface area contributed by atoms with Crippen LogP contribution in [0.4, 0.5) is 5.95 Å². The summed E-state index contributed by atoms with van der Waals surface area (Å²) in [4.78, 5) is 32.0. The van der Waals surface area contributed by atoms with Gasteiger partial charge in [0, 0.05) is 67.7 Å². The molecule has 1 amide bonds. The zero-order valence-corrected chi connectivity index (χ0v) is 19.1. The number of nitrogens with zero attached hydrogens (tertiary/aromatic N) is 5. The van der Waals surface area contributed by atoms with Crippen LogP contribution in [0.15, 0.2) is 30.7 Å². The molecule has 0 aromatic carbocycles. The third-order valence-corrected chi connectivity index (χ3v) is 7.49. The molecule has 2 aromatic rings. The average molecular weight is 434 g/mol. The lowest BCUT2D eigenvalue weighted by atomic mass is 9.86. The summed E-state index contributed by atoms with van der Waals surface area (Å²) >= 11 is 0. The number of anilines is 1. The van der Waals surface area contributed by atoms with Gasteiger partial charge in [0.15, 0.2) is 0 Å². The highest BCUT2D eigenvalue weighted by atomic mass is 16.2. The molecule has 0 radical (unpaired) electrons. The van der Waals surface area contributed by atoms with Crippen LogP contribution in [-0.2, 0) is 4.79 Å². The molecule has 0 spiro atoms. The fourth-order valence-electron chi connectivity index (χ4n) is 5.70. The third kappa shape index (κ3) is 4.64. The van der Waals surface area contributed by atoms with Crippen molar-refractivity contribution in [2.45, 2.75) is 70.1 Å². The Morgan fingerprint density at radius 3 is 2.50 bits per heavy atom. The molecule has 32 heavy (non-hydrogen) atoms. The molecule has 1 saturated carbocycles. The van der Waals surface area contributed by atoms with Gasteiger partial charge in [0.1, 0.15) is 0 Å². The first-order valence-electron chi connectivity index (χ1n) is 12.6. The Morgan fingerprint density at radius 1 is 0.906 bits per heavy atom. The van der Waals surface area contributed by atoms with Crippen LogP contribution < -0.4 is 4.90 Å². The topological polar surface area (TPSA) is 62.2 Å². The minimum atomic E-state index is 0.231. The number of rotatable bonds is 4. The predicted molar refractivity (Wildman–Crippen MR) is 126 cm³/mol. The molecular formula is C26H35N5O. The number of hydrogen-bond acceptors (Lipinski definition) is 5. The maximum absolute atomic E-state index is 13.3. The van der Waals surface area contributed by atoms with Crippen LogP contribution >= 0.6 is 0 Å². The van der Waals surface area contributed by atoms with E-state index in [1.54, 1.807) is 6.20 Å². The SMILES string of the molecule is O=C(C1CCCCC1)N1CCC[C@@H](c2nc(N3CCCCC3)ncc2-c2cccnc2)C1. The summed E-state index contributed by atoms with van der Waals surface area (Å²) in [5.41, 5.74) is 3.22. The lowest BCUT2D eigenvalue weighted by Crippen LogP contribution is -2.43. The summed E-state index contributed by atoms with van der Waals surface area (Å²) in [6, 6.07) is 4.06. The Bertz CT molecular complexity index is 906. The fourth-order valence-corrected chi connectivity index (χ4v) is 5.70. The number of carbonyl (C=O) groups is 1. The Hall–Kier alpha value is -2.50. The summed E-state index contributed by atoms with van der Waals surface area (Å²) < 4.78 is 0. The zero-order valence-electron chi connectivity index (χ0n) is 19.1. The molecule has 6 nitrogen and oxygen atoms in total. The lowest BCUT2D eigenvalue weighted by Gasteiger charge is -2.36. The molecule has 2 saturated heterocycles. The molecule has 5 rings (SSSR count). The molecule has 1 aliphatic carbocycles. The van der Waals surface area contributed by atoms with Crippen molar-refractivity contribution in [2.75, 3.05) is 31.1 Å². The Balaban J connectivity index is 1.43. The van der Waals surface area contributed by atoms with Gasteiger partial charge >= 0.3 is 0 Å². The number of likely N-dealkylation sites (tertiary alicyclic amines) is 1. The number of piperidine rings is 2.